The van der Waals surface area contributed by atoms with Crippen LogP contribution in [0.2, 0.25) is 0 Å². The zero-order chi connectivity index (χ0) is 15.9. The van der Waals surface area contributed by atoms with Crippen molar-refractivity contribution in [3.8, 4) is 11.5 Å². The Balaban J connectivity index is 0.000000980. The molecule has 0 saturated heterocycles. The molecule has 0 aromatic carbocycles. The number of rotatable bonds is 3. The summed E-state index contributed by atoms with van der Waals surface area (Å²) in [7, 11) is 0. The van der Waals surface area contributed by atoms with Gasteiger partial charge in [0.1, 0.15) is 5.69 Å². The molecule has 7 nitrogen and oxygen atoms in total. The van der Waals surface area contributed by atoms with E-state index in [2.05, 4.69) is 40.9 Å². The first-order valence-electron chi connectivity index (χ1n) is 8.35. The van der Waals surface area contributed by atoms with Crippen LogP contribution in [-0.4, -0.2) is 49.0 Å². The maximum atomic E-state index is 4.79. The lowest BCUT2D eigenvalue weighted by atomic mass is 10.3. The first-order chi connectivity index (χ1) is 11.9. The molecule has 2 aromatic heterocycles. The van der Waals surface area contributed by atoms with Crippen molar-refractivity contribution in [3.05, 3.63) is 35.3 Å². The van der Waals surface area contributed by atoms with Gasteiger partial charge in [0.05, 0.1) is 18.8 Å². The summed E-state index contributed by atoms with van der Waals surface area (Å²) in [6.07, 6.45) is 5.01. The highest BCUT2D eigenvalue weighted by atomic mass is 35.5. The average molecular weight is 414 g/mol. The highest BCUT2D eigenvalue weighted by Crippen LogP contribution is 2.31. The molecule has 2 aromatic rings. The molecule has 0 radical (unpaired) electrons. The lowest BCUT2D eigenvalue weighted by Crippen LogP contribution is -2.23. The normalized spacial score (nSPS) is 18.2. The third-order valence-corrected chi connectivity index (χ3v) is 5.57. The van der Waals surface area contributed by atoms with Gasteiger partial charge in [-0.05, 0) is 19.0 Å². The number of hydrogen-bond donors (Lipinski definition) is 1. The van der Waals surface area contributed by atoms with Crippen LogP contribution in [0.15, 0.2) is 34.6 Å². The second kappa shape index (κ2) is 8.04. The van der Waals surface area contributed by atoms with E-state index in [1.807, 2.05) is 12.4 Å². The minimum absolute atomic E-state index is 0. The second-order valence-electron chi connectivity index (χ2n) is 6.20. The van der Waals surface area contributed by atoms with E-state index in [1.165, 1.54) is 11.4 Å². The van der Waals surface area contributed by atoms with Gasteiger partial charge in [-0.15, -0.1) is 24.8 Å². The van der Waals surface area contributed by atoms with Crippen LogP contribution in [0.5, 0.6) is 0 Å². The zero-order valence-electron chi connectivity index (χ0n) is 14.2. The van der Waals surface area contributed by atoms with E-state index in [1.54, 1.807) is 11.8 Å². The Morgan fingerprint density at radius 3 is 3.08 bits per heavy atom. The van der Waals surface area contributed by atoms with Gasteiger partial charge >= 0.3 is 0 Å². The lowest BCUT2D eigenvalue weighted by Gasteiger charge is -2.17. The molecule has 5 rings (SSSR count). The number of nitrogens with one attached hydrogen (secondary N) is 1. The summed E-state index contributed by atoms with van der Waals surface area (Å²) in [6, 6.07) is 2.16. The number of aryl methyl sites for hydroxylation is 1. The largest absolute Gasteiger partial charge is 0.324 e. The van der Waals surface area contributed by atoms with Gasteiger partial charge in [0, 0.05) is 43.1 Å². The van der Waals surface area contributed by atoms with Gasteiger partial charge < -0.3 is 14.8 Å². The first-order valence-corrected chi connectivity index (χ1v) is 9.23. The fraction of sp³-hybridized carbons (Fsp3) is 0.438. The van der Waals surface area contributed by atoms with Crippen LogP contribution in [0.25, 0.3) is 11.5 Å². The Bertz CT molecular complexity index is 818. The molecule has 0 atom stereocenters. The quantitative estimate of drug-likeness (QED) is 0.836. The van der Waals surface area contributed by atoms with Crippen molar-refractivity contribution < 1.29 is 0 Å². The first kappa shape index (κ1) is 19.3. The molecule has 5 heterocycles. The summed E-state index contributed by atoms with van der Waals surface area (Å²) < 4.78 is 4.30. The van der Waals surface area contributed by atoms with Crippen molar-refractivity contribution >= 4 is 41.7 Å². The molecule has 0 amide bonds. The van der Waals surface area contributed by atoms with E-state index in [0.717, 1.165) is 62.4 Å². The van der Waals surface area contributed by atoms with E-state index in [-0.39, 0.29) is 24.8 Å². The fourth-order valence-electron chi connectivity index (χ4n) is 3.42. The van der Waals surface area contributed by atoms with Crippen LogP contribution in [0.4, 0.5) is 0 Å². The van der Waals surface area contributed by atoms with Gasteiger partial charge in [-0.1, -0.05) is 11.8 Å². The van der Waals surface area contributed by atoms with Crippen molar-refractivity contribution in [3.63, 3.8) is 0 Å². The summed E-state index contributed by atoms with van der Waals surface area (Å²) in [5, 5.41) is 11.6. The highest BCUT2D eigenvalue weighted by Gasteiger charge is 2.27. The smallest absolute Gasteiger partial charge is 0.168 e. The number of allylic oxidation sites excluding steroid dienone is 1. The monoisotopic (exact) mass is 413 g/mol. The van der Waals surface area contributed by atoms with Crippen molar-refractivity contribution in [2.75, 3.05) is 19.6 Å². The third-order valence-electron chi connectivity index (χ3n) is 4.62. The molecular weight excluding hydrogens is 393 g/mol. The molecule has 0 saturated carbocycles. The SMILES string of the molecule is C1=C(Cn2ccnc2-c2cc3n(n2)CCCNC3)N2CCN=C2S1.Cl.Cl. The number of thioether (sulfide) groups is 1. The topological polar surface area (TPSA) is 63.3 Å². The number of aliphatic imine (C=N–C) groups is 1. The number of fused-ring (bicyclic) bond motifs is 2. The maximum Gasteiger partial charge on any atom is 0.168 e. The minimum atomic E-state index is 0. The molecule has 0 bridgehead atoms. The molecule has 3 aliphatic heterocycles. The maximum absolute atomic E-state index is 4.79. The summed E-state index contributed by atoms with van der Waals surface area (Å²) >= 11 is 1.72. The molecule has 26 heavy (non-hydrogen) atoms. The molecule has 10 heteroatoms. The van der Waals surface area contributed by atoms with Crippen LogP contribution in [-0.2, 0) is 19.6 Å². The van der Waals surface area contributed by atoms with Gasteiger partial charge in [-0.2, -0.15) is 5.10 Å². The predicted octanol–water partition coefficient (Wildman–Crippen LogP) is 2.34. The standard InChI is InChI=1S/C16H19N7S.2ClH/c1-2-17-9-12-8-14(20-23(12)5-1)15-18-3-6-21(15)10-13-11-24-16-19-4-7-22(13)16;;/h3,6,8,11,17H,1-2,4-5,7,9-10H2;2*1H. The van der Waals surface area contributed by atoms with E-state index >= 15 is 0 Å². The lowest BCUT2D eigenvalue weighted by molar-refractivity contribution is 0.526. The summed E-state index contributed by atoms with van der Waals surface area (Å²) in [4.78, 5) is 11.4. The van der Waals surface area contributed by atoms with Gasteiger partial charge in [-0.25, -0.2) is 4.98 Å². The third kappa shape index (κ3) is 3.38. The van der Waals surface area contributed by atoms with Gasteiger partial charge in [0.15, 0.2) is 11.0 Å². The van der Waals surface area contributed by atoms with Crippen LogP contribution >= 0.6 is 36.6 Å². The Morgan fingerprint density at radius 2 is 2.15 bits per heavy atom. The Morgan fingerprint density at radius 1 is 1.23 bits per heavy atom. The average Bonchev–Trinajstić information content (AvgIpc) is 3.33. The summed E-state index contributed by atoms with van der Waals surface area (Å²) in [5.74, 6) is 0.936. The number of amidine groups is 1. The number of nitrogens with zero attached hydrogens (tertiary/aromatic N) is 6. The van der Waals surface area contributed by atoms with Crippen LogP contribution in [0, 0.1) is 0 Å². The number of imidazole rings is 1. The molecule has 0 aliphatic carbocycles. The zero-order valence-corrected chi connectivity index (χ0v) is 16.6. The second-order valence-corrected chi connectivity index (χ2v) is 7.03. The van der Waals surface area contributed by atoms with Crippen LogP contribution in [0.1, 0.15) is 12.1 Å². The van der Waals surface area contributed by atoms with E-state index in [0.29, 0.717) is 0 Å². The summed E-state index contributed by atoms with van der Waals surface area (Å²) in [5.41, 5.74) is 3.49. The van der Waals surface area contributed by atoms with Crippen molar-refractivity contribution in [2.45, 2.75) is 26.1 Å². The van der Waals surface area contributed by atoms with Crippen molar-refractivity contribution in [2.24, 2.45) is 4.99 Å². The van der Waals surface area contributed by atoms with Crippen LogP contribution < -0.4 is 5.32 Å². The molecule has 0 unspecified atom stereocenters. The number of hydrogen-bond acceptors (Lipinski definition) is 6. The molecule has 3 aliphatic rings. The molecular formula is C16H21Cl2N7S. The van der Waals surface area contributed by atoms with Gasteiger partial charge in [-0.3, -0.25) is 9.67 Å². The molecule has 0 spiro atoms. The van der Waals surface area contributed by atoms with E-state index in [4.69, 9.17) is 5.10 Å². The van der Waals surface area contributed by atoms with E-state index < -0.39 is 0 Å². The van der Waals surface area contributed by atoms with Crippen LogP contribution in [0.3, 0.4) is 0 Å². The summed E-state index contributed by atoms with van der Waals surface area (Å²) in [6.45, 7) is 5.60. The van der Waals surface area contributed by atoms with Gasteiger partial charge in [0.25, 0.3) is 0 Å². The van der Waals surface area contributed by atoms with Crippen molar-refractivity contribution in [1.29, 1.82) is 0 Å². The number of aromatic nitrogens is 4. The molecule has 1 N–H and O–H groups in total. The minimum Gasteiger partial charge on any atom is -0.324 e. The Hall–Kier alpha value is -1.48. The van der Waals surface area contributed by atoms with Crippen molar-refractivity contribution in [1.82, 2.24) is 29.5 Å². The molecule has 140 valence electrons. The Labute approximate surface area is 168 Å². The Kier molecular flexibility index (Phi) is 5.96. The van der Waals surface area contributed by atoms with Gasteiger partial charge in [0.2, 0.25) is 0 Å². The predicted molar refractivity (Wildman–Crippen MR) is 109 cm³/mol. The molecule has 0 fully saturated rings. The number of halogens is 2. The fourth-order valence-corrected chi connectivity index (χ4v) is 4.36. The van der Waals surface area contributed by atoms with E-state index in [9.17, 15) is 0 Å². The highest BCUT2D eigenvalue weighted by molar-refractivity contribution is 8.16.